The molecular weight excluding hydrogens is 208 g/mol. The fourth-order valence-electron chi connectivity index (χ4n) is 3.35. The lowest BCUT2D eigenvalue weighted by Gasteiger charge is -2.36. The first-order chi connectivity index (χ1) is 7.29. The molecule has 0 spiro atoms. The number of hydrogen-bond donors (Lipinski definition) is 0. The average molecular weight is 231 g/mol. The van der Waals surface area contributed by atoms with Crippen molar-refractivity contribution in [1.82, 2.24) is 0 Å². The third-order valence-electron chi connectivity index (χ3n) is 4.42. The maximum Gasteiger partial charge on any atom is 0.0571 e. The first-order valence-corrected chi connectivity index (χ1v) is 6.90. The van der Waals surface area contributed by atoms with Gasteiger partial charge >= 0.3 is 0 Å². The Balaban J connectivity index is 1.75. The summed E-state index contributed by atoms with van der Waals surface area (Å²) >= 11 is 6.15. The molecular formula is C13H23ClO. The van der Waals surface area contributed by atoms with Crippen molar-refractivity contribution in [2.45, 2.75) is 62.8 Å². The molecule has 2 saturated carbocycles. The summed E-state index contributed by atoms with van der Waals surface area (Å²) in [6, 6.07) is 0. The molecule has 0 atom stereocenters. The molecule has 0 aliphatic heterocycles. The van der Waals surface area contributed by atoms with E-state index >= 15 is 0 Å². The van der Waals surface area contributed by atoms with Crippen LogP contribution in [0.15, 0.2) is 0 Å². The van der Waals surface area contributed by atoms with E-state index in [2.05, 4.69) is 0 Å². The molecule has 0 aromatic heterocycles. The van der Waals surface area contributed by atoms with E-state index in [1.807, 2.05) is 7.11 Å². The van der Waals surface area contributed by atoms with Gasteiger partial charge in [-0.05, 0) is 63.2 Å². The molecule has 2 aliphatic carbocycles. The molecule has 0 saturated heterocycles. The second-order valence-corrected chi connectivity index (χ2v) is 5.90. The highest BCUT2D eigenvalue weighted by Crippen LogP contribution is 2.39. The highest BCUT2D eigenvalue weighted by Gasteiger charge is 2.30. The molecule has 2 fully saturated rings. The zero-order chi connectivity index (χ0) is 10.7. The van der Waals surface area contributed by atoms with Gasteiger partial charge in [-0.3, -0.25) is 0 Å². The predicted octanol–water partition coefficient (Wildman–Crippen LogP) is 3.99. The Morgan fingerprint density at radius 1 is 0.800 bits per heavy atom. The molecule has 0 aromatic rings. The minimum Gasteiger partial charge on any atom is -0.381 e. The summed E-state index contributed by atoms with van der Waals surface area (Å²) in [7, 11) is 1.85. The summed E-state index contributed by atoms with van der Waals surface area (Å²) in [6.07, 6.45) is 11.1. The number of halogens is 1. The van der Waals surface area contributed by atoms with Gasteiger partial charge in [0.1, 0.15) is 0 Å². The monoisotopic (exact) mass is 230 g/mol. The van der Waals surface area contributed by atoms with E-state index in [0.29, 0.717) is 11.5 Å². The van der Waals surface area contributed by atoms with Crippen molar-refractivity contribution >= 4 is 11.6 Å². The van der Waals surface area contributed by atoms with Crippen molar-refractivity contribution in [2.75, 3.05) is 7.11 Å². The third kappa shape index (κ3) is 3.10. The van der Waals surface area contributed by atoms with Crippen molar-refractivity contribution in [3.05, 3.63) is 0 Å². The van der Waals surface area contributed by atoms with Crippen LogP contribution in [-0.2, 0) is 4.74 Å². The van der Waals surface area contributed by atoms with E-state index in [1.54, 1.807) is 0 Å². The van der Waals surface area contributed by atoms with Crippen molar-refractivity contribution in [1.29, 1.82) is 0 Å². The molecule has 2 heteroatoms. The lowest BCUT2D eigenvalue weighted by atomic mass is 9.73. The Labute approximate surface area is 98.5 Å². The standard InChI is InChI=1S/C13H23ClO/c1-15-13-8-4-11(5-9-13)10-2-6-12(14)7-3-10/h10-13H,2-9H2,1H3. The van der Waals surface area contributed by atoms with Gasteiger partial charge in [-0.1, -0.05) is 0 Å². The lowest BCUT2D eigenvalue weighted by molar-refractivity contribution is 0.0420. The molecule has 1 nitrogen and oxygen atoms in total. The Bertz CT molecular complexity index is 179. The summed E-state index contributed by atoms with van der Waals surface area (Å²) in [6.45, 7) is 0. The lowest BCUT2D eigenvalue weighted by Crippen LogP contribution is -2.28. The fourth-order valence-corrected chi connectivity index (χ4v) is 3.60. The van der Waals surface area contributed by atoms with Crippen LogP contribution >= 0.6 is 11.6 Å². The van der Waals surface area contributed by atoms with Crippen LogP contribution in [0.1, 0.15) is 51.4 Å². The van der Waals surface area contributed by atoms with Gasteiger partial charge in [-0.2, -0.15) is 0 Å². The van der Waals surface area contributed by atoms with E-state index in [-0.39, 0.29) is 0 Å². The van der Waals surface area contributed by atoms with Crippen molar-refractivity contribution in [3.63, 3.8) is 0 Å². The van der Waals surface area contributed by atoms with Gasteiger partial charge in [0.15, 0.2) is 0 Å². The first-order valence-electron chi connectivity index (χ1n) is 6.46. The highest BCUT2D eigenvalue weighted by molar-refractivity contribution is 6.20. The van der Waals surface area contributed by atoms with Crippen LogP contribution in [-0.4, -0.2) is 18.6 Å². The molecule has 0 unspecified atom stereocenters. The van der Waals surface area contributed by atoms with Crippen LogP contribution in [0.2, 0.25) is 0 Å². The van der Waals surface area contributed by atoms with Crippen molar-refractivity contribution < 1.29 is 4.74 Å². The first kappa shape index (κ1) is 11.7. The highest BCUT2D eigenvalue weighted by atomic mass is 35.5. The van der Waals surface area contributed by atoms with Gasteiger partial charge in [0.25, 0.3) is 0 Å². The zero-order valence-corrected chi connectivity index (χ0v) is 10.5. The van der Waals surface area contributed by atoms with Crippen LogP contribution in [0, 0.1) is 11.8 Å². The van der Waals surface area contributed by atoms with Gasteiger partial charge in [-0.15, -0.1) is 11.6 Å². The summed E-state index contributed by atoms with van der Waals surface area (Å²) in [4.78, 5) is 0. The molecule has 2 rings (SSSR count). The Morgan fingerprint density at radius 2 is 1.27 bits per heavy atom. The minimum absolute atomic E-state index is 0.469. The number of methoxy groups -OCH3 is 1. The average Bonchev–Trinajstić information content (AvgIpc) is 2.30. The molecule has 0 amide bonds. The number of alkyl halides is 1. The minimum atomic E-state index is 0.469. The topological polar surface area (TPSA) is 9.23 Å². The predicted molar refractivity (Wildman–Crippen MR) is 64.4 cm³/mol. The van der Waals surface area contributed by atoms with E-state index < -0.39 is 0 Å². The quantitative estimate of drug-likeness (QED) is 0.652. The Hall–Kier alpha value is 0.250. The van der Waals surface area contributed by atoms with E-state index in [0.717, 1.165) is 11.8 Å². The van der Waals surface area contributed by atoms with Crippen LogP contribution in [0.4, 0.5) is 0 Å². The van der Waals surface area contributed by atoms with E-state index in [9.17, 15) is 0 Å². The maximum atomic E-state index is 6.15. The van der Waals surface area contributed by atoms with Gasteiger partial charge in [-0.25, -0.2) is 0 Å². The second kappa shape index (κ2) is 5.54. The summed E-state index contributed by atoms with van der Waals surface area (Å²) in [5, 5.41) is 0.469. The Kier molecular flexibility index (Phi) is 4.33. The molecule has 15 heavy (non-hydrogen) atoms. The second-order valence-electron chi connectivity index (χ2n) is 5.28. The Morgan fingerprint density at radius 3 is 1.73 bits per heavy atom. The van der Waals surface area contributed by atoms with Gasteiger partial charge < -0.3 is 4.74 Å². The normalized spacial score (nSPS) is 42.8. The van der Waals surface area contributed by atoms with E-state index in [4.69, 9.17) is 16.3 Å². The third-order valence-corrected chi connectivity index (χ3v) is 4.86. The smallest absolute Gasteiger partial charge is 0.0571 e. The van der Waals surface area contributed by atoms with Crippen LogP contribution in [0.5, 0.6) is 0 Å². The molecule has 0 radical (unpaired) electrons. The van der Waals surface area contributed by atoms with Gasteiger partial charge in [0, 0.05) is 12.5 Å². The SMILES string of the molecule is COC1CCC(C2CCC(Cl)CC2)CC1. The van der Waals surface area contributed by atoms with Crippen molar-refractivity contribution in [3.8, 4) is 0 Å². The number of hydrogen-bond acceptors (Lipinski definition) is 1. The summed E-state index contributed by atoms with van der Waals surface area (Å²) in [5.41, 5.74) is 0. The molecule has 0 heterocycles. The van der Waals surface area contributed by atoms with Gasteiger partial charge in [0.2, 0.25) is 0 Å². The largest absolute Gasteiger partial charge is 0.381 e. The number of ether oxygens (including phenoxy) is 1. The molecule has 88 valence electrons. The van der Waals surface area contributed by atoms with Crippen LogP contribution < -0.4 is 0 Å². The maximum absolute atomic E-state index is 6.15. The summed E-state index contributed by atoms with van der Waals surface area (Å²) < 4.78 is 5.42. The van der Waals surface area contributed by atoms with Crippen LogP contribution in [0.25, 0.3) is 0 Å². The molecule has 0 aromatic carbocycles. The fraction of sp³-hybridized carbons (Fsp3) is 1.00. The molecule has 0 N–H and O–H groups in total. The summed E-state index contributed by atoms with van der Waals surface area (Å²) in [5.74, 6) is 1.94. The van der Waals surface area contributed by atoms with Crippen LogP contribution in [0.3, 0.4) is 0 Å². The van der Waals surface area contributed by atoms with Gasteiger partial charge in [0.05, 0.1) is 6.10 Å². The van der Waals surface area contributed by atoms with E-state index in [1.165, 1.54) is 51.4 Å². The molecule has 0 bridgehead atoms. The van der Waals surface area contributed by atoms with Crippen molar-refractivity contribution in [2.24, 2.45) is 11.8 Å². The zero-order valence-electron chi connectivity index (χ0n) is 9.75. The molecule has 2 aliphatic rings. The number of rotatable bonds is 2.